The summed E-state index contributed by atoms with van der Waals surface area (Å²) in [6, 6.07) is 0. The first kappa shape index (κ1) is 13.1. The van der Waals surface area contributed by atoms with Gasteiger partial charge in [0.15, 0.2) is 12.5 Å². The van der Waals surface area contributed by atoms with Crippen LogP contribution in [-0.4, -0.2) is 65.2 Å². The fourth-order valence-electron chi connectivity index (χ4n) is 1.34. The molecule has 0 aliphatic carbocycles. The van der Waals surface area contributed by atoms with E-state index in [-0.39, 0.29) is 12.5 Å². The van der Waals surface area contributed by atoms with Gasteiger partial charge in [0.05, 0.1) is 13.2 Å². The number of hydrogen-bond donors (Lipinski definition) is 3. The fourth-order valence-corrected chi connectivity index (χ4v) is 1.43. The van der Waals surface area contributed by atoms with Gasteiger partial charge in [-0.05, 0) is 0 Å². The van der Waals surface area contributed by atoms with Gasteiger partial charge < -0.3 is 24.8 Å². The predicted molar refractivity (Wildman–Crippen MR) is 49.3 cm³/mol. The van der Waals surface area contributed by atoms with Crippen molar-refractivity contribution in [3.05, 3.63) is 0 Å². The van der Waals surface area contributed by atoms with Gasteiger partial charge in [-0.25, -0.2) is 4.39 Å². The largest absolute Gasteiger partial charge is 0.394 e. The van der Waals surface area contributed by atoms with E-state index in [1.807, 2.05) is 0 Å². The quantitative estimate of drug-likeness (QED) is 0.554. The van der Waals surface area contributed by atoms with Gasteiger partial charge in [0.1, 0.15) is 18.3 Å². The molecule has 5 nitrogen and oxygen atoms in total. The van der Waals surface area contributed by atoms with Crippen molar-refractivity contribution in [2.24, 2.45) is 0 Å². The zero-order valence-corrected chi connectivity index (χ0v) is 8.68. The van der Waals surface area contributed by atoms with E-state index in [1.165, 1.54) is 0 Å². The van der Waals surface area contributed by atoms with E-state index >= 15 is 0 Å². The van der Waals surface area contributed by atoms with Crippen LogP contribution in [0.5, 0.6) is 0 Å². The molecule has 1 fully saturated rings. The molecule has 15 heavy (non-hydrogen) atoms. The topological polar surface area (TPSA) is 79.2 Å². The molecule has 1 saturated heterocycles. The van der Waals surface area contributed by atoms with Crippen molar-refractivity contribution >= 4 is 11.6 Å². The Hall–Kier alpha value is 0.0200. The van der Waals surface area contributed by atoms with Gasteiger partial charge in [-0.2, -0.15) is 0 Å². The summed E-state index contributed by atoms with van der Waals surface area (Å²) in [5.74, 6) is 0.162. The van der Waals surface area contributed by atoms with Crippen LogP contribution < -0.4 is 0 Å². The smallest absolute Gasteiger partial charge is 0.192 e. The lowest BCUT2D eigenvalue weighted by molar-refractivity contribution is -0.285. The number of aliphatic hydroxyl groups excluding tert-OH is 3. The highest BCUT2D eigenvalue weighted by Crippen LogP contribution is 2.24. The zero-order chi connectivity index (χ0) is 11.4. The second kappa shape index (κ2) is 5.93. The highest BCUT2D eigenvalue weighted by Gasteiger charge is 2.45. The van der Waals surface area contributed by atoms with E-state index in [0.29, 0.717) is 0 Å². The Morgan fingerprint density at radius 1 is 1.33 bits per heavy atom. The summed E-state index contributed by atoms with van der Waals surface area (Å²) in [5.41, 5.74) is 0. The molecule has 0 spiro atoms. The average molecular weight is 245 g/mol. The fraction of sp³-hybridized carbons (Fsp3) is 1.00. The van der Waals surface area contributed by atoms with E-state index in [9.17, 15) is 14.6 Å². The maximum atomic E-state index is 13.3. The van der Waals surface area contributed by atoms with Crippen LogP contribution in [0.1, 0.15) is 0 Å². The number of hydrogen-bond acceptors (Lipinski definition) is 5. The summed E-state index contributed by atoms with van der Waals surface area (Å²) in [7, 11) is 0. The molecule has 0 amide bonds. The van der Waals surface area contributed by atoms with Gasteiger partial charge in [-0.15, -0.1) is 11.6 Å². The van der Waals surface area contributed by atoms with E-state index in [1.54, 1.807) is 0 Å². The predicted octanol–water partition coefficient (Wildman–Crippen LogP) is -0.981. The third kappa shape index (κ3) is 2.99. The van der Waals surface area contributed by atoms with Crippen molar-refractivity contribution in [3.63, 3.8) is 0 Å². The van der Waals surface area contributed by atoms with Crippen molar-refractivity contribution in [1.82, 2.24) is 0 Å². The minimum atomic E-state index is -1.86. The van der Waals surface area contributed by atoms with Crippen molar-refractivity contribution in [2.75, 3.05) is 19.1 Å². The first-order chi connectivity index (χ1) is 7.11. The number of ether oxygens (including phenoxy) is 2. The molecular weight excluding hydrogens is 231 g/mol. The minimum absolute atomic E-state index is 0.0631. The van der Waals surface area contributed by atoms with Gasteiger partial charge in [0.25, 0.3) is 0 Å². The molecule has 1 rings (SSSR count). The molecule has 90 valence electrons. The second-order valence-corrected chi connectivity index (χ2v) is 3.59. The normalized spacial score (nSPS) is 41.8. The third-order valence-corrected chi connectivity index (χ3v) is 2.32. The van der Waals surface area contributed by atoms with Crippen molar-refractivity contribution in [2.45, 2.75) is 30.8 Å². The van der Waals surface area contributed by atoms with Gasteiger partial charge in [0, 0.05) is 5.88 Å². The van der Waals surface area contributed by atoms with Crippen molar-refractivity contribution in [3.8, 4) is 0 Å². The lowest BCUT2D eigenvalue weighted by atomic mass is 10.0. The standard InChI is InChI=1S/C8H14ClFO5/c9-1-2-14-8-5(10)7(13)6(12)4(3-11)15-8/h4-8,11-13H,1-3H2/t4-,5-,6-,7-,8?/m1/s1. The SMILES string of the molecule is OC[C@H]1OC(OCCCl)[C@H](F)[C@@H](O)[C@@H]1O. The molecule has 1 unspecified atom stereocenters. The Balaban J connectivity index is 2.57. The molecule has 0 saturated carbocycles. The minimum Gasteiger partial charge on any atom is -0.394 e. The maximum Gasteiger partial charge on any atom is 0.192 e. The Labute approximate surface area is 91.4 Å². The molecule has 3 N–H and O–H groups in total. The van der Waals surface area contributed by atoms with E-state index in [2.05, 4.69) is 0 Å². The van der Waals surface area contributed by atoms with Gasteiger partial charge >= 0.3 is 0 Å². The number of halogens is 2. The molecule has 1 aliphatic heterocycles. The highest BCUT2D eigenvalue weighted by molar-refractivity contribution is 6.17. The molecule has 0 aromatic heterocycles. The van der Waals surface area contributed by atoms with Gasteiger partial charge in [-0.3, -0.25) is 0 Å². The third-order valence-electron chi connectivity index (χ3n) is 2.17. The number of rotatable bonds is 4. The van der Waals surface area contributed by atoms with Crippen LogP contribution in [0.3, 0.4) is 0 Å². The molecule has 0 aromatic carbocycles. The molecule has 0 bridgehead atoms. The first-order valence-corrected chi connectivity index (χ1v) is 5.09. The highest BCUT2D eigenvalue weighted by atomic mass is 35.5. The van der Waals surface area contributed by atoms with Gasteiger partial charge in [-0.1, -0.05) is 0 Å². The molecule has 1 heterocycles. The zero-order valence-electron chi connectivity index (χ0n) is 7.92. The second-order valence-electron chi connectivity index (χ2n) is 3.21. The monoisotopic (exact) mass is 244 g/mol. The summed E-state index contributed by atoms with van der Waals surface area (Å²) < 4.78 is 23.1. The summed E-state index contributed by atoms with van der Waals surface area (Å²) in [4.78, 5) is 0. The van der Waals surface area contributed by atoms with Crippen LogP contribution >= 0.6 is 11.6 Å². The van der Waals surface area contributed by atoms with Crippen LogP contribution in [0.15, 0.2) is 0 Å². The molecule has 1 aliphatic rings. The van der Waals surface area contributed by atoms with Crippen LogP contribution in [0.25, 0.3) is 0 Å². The van der Waals surface area contributed by atoms with Crippen LogP contribution in [0.4, 0.5) is 4.39 Å². The van der Waals surface area contributed by atoms with Gasteiger partial charge in [0.2, 0.25) is 0 Å². The summed E-state index contributed by atoms with van der Waals surface area (Å²) >= 11 is 5.34. The molecule has 0 radical (unpaired) electrons. The Morgan fingerprint density at radius 2 is 2.00 bits per heavy atom. The molecular formula is C8H14ClFO5. The van der Waals surface area contributed by atoms with E-state index < -0.39 is 37.4 Å². The number of aliphatic hydroxyl groups is 3. The average Bonchev–Trinajstić information content (AvgIpc) is 2.25. The molecule has 0 aromatic rings. The Morgan fingerprint density at radius 3 is 2.53 bits per heavy atom. The van der Waals surface area contributed by atoms with Crippen LogP contribution in [0, 0.1) is 0 Å². The molecule has 5 atom stereocenters. The summed E-state index contributed by atoms with van der Waals surface area (Å²) in [6.07, 6.45) is -7.30. The summed E-state index contributed by atoms with van der Waals surface area (Å²) in [6.45, 7) is -0.459. The van der Waals surface area contributed by atoms with E-state index in [0.717, 1.165) is 0 Å². The maximum absolute atomic E-state index is 13.3. The summed E-state index contributed by atoms with van der Waals surface area (Å²) in [5, 5.41) is 27.4. The number of alkyl halides is 2. The lowest BCUT2D eigenvalue weighted by Gasteiger charge is -2.38. The van der Waals surface area contributed by atoms with Crippen molar-refractivity contribution < 1.29 is 29.2 Å². The lowest BCUT2D eigenvalue weighted by Crippen LogP contribution is -2.57. The Kier molecular flexibility index (Phi) is 5.17. The molecule has 7 heteroatoms. The first-order valence-electron chi connectivity index (χ1n) is 4.56. The van der Waals surface area contributed by atoms with Crippen molar-refractivity contribution in [1.29, 1.82) is 0 Å². The van der Waals surface area contributed by atoms with Crippen LogP contribution in [0.2, 0.25) is 0 Å². The van der Waals surface area contributed by atoms with Crippen LogP contribution in [-0.2, 0) is 9.47 Å². The van der Waals surface area contributed by atoms with E-state index in [4.69, 9.17) is 26.2 Å². The Bertz CT molecular complexity index is 194.